The normalized spacial score (nSPS) is 27.7. The molecule has 0 aromatic rings. The minimum atomic E-state index is -0.238. The van der Waals surface area contributed by atoms with Gasteiger partial charge in [-0.3, -0.25) is 4.79 Å². The van der Waals surface area contributed by atoms with Crippen LogP contribution < -0.4 is 0 Å². The maximum Gasteiger partial charge on any atom is 0.312 e. The van der Waals surface area contributed by atoms with E-state index in [4.69, 9.17) is 4.74 Å². The van der Waals surface area contributed by atoms with Gasteiger partial charge in [-0.05, 0) is 30.6 Å². The van der Waals surface area contributed by atoms with Gasteiger partial charge in [-0.1, -0.05) is 53.9 Å². The largest absolute Gasteiger partial charge is 0.465 e. The summed E-state index contributed by atoms with van der Waals surface area (Å²) in [5.41, 5.74) is -0.233. The first-order valence-corrected chi connectivity index (χ1v) is 7.53. The van der Waals surface area contributed by atoms with Crippen LogP contribution in [0.1, 0.15) is 73.1 Å². The van der Waals surface area contributed by atoms with Gasteiger partial charge in [0.25, 0.3) is 0 Å². The van der Waals surface area contributed by atoms with Gasteiger partial charge in [-0.15, -0.1) is 0 Å². The zero-order chi connectivity index (χ0) is 13.8. The summed E-state index contributed by atoms with van der Waals surface area (Å²) in [6, 6.07) is 0. The molecule has 0 aromatic heterocycles. The van der Waals surface area contributed by atoms with Gasteiger partial charge in [0.2, 0.25) is 0 Å². The van der Waals surface area contributed by atoms with E-state index < -0.39 is 0 Å². The van der Waals surface area contributed by atoms with Gasteiger partial charge in [0.15, 0.2) is 0 Å². The zero-order valence-electron chi connectivity index (χ0n) is 12.8. The molecule has 0 N–H and O–H groups in total. The van der Waals surface area contributed by atoms with Crippen LogP contribution in [0, 0.1) is 16.7 Å². The van der Waals surface area contributed by atoms with Crippen molar-refractivity contribution in [2.75, 3.05) is 6.61 Å². The van der Waals surface area contributed by atoms with E-state index in [0.29, 0.717) is 12.5 Å². The van der Waals surface area contributed by atoms with Crippen molar-refractivity contribution in [3.05, 3.63) is 0 Å². The van der Waals surface area contributed by atoms with Gasteiger partial charge in [-0.2, -0.15) is 0 Å². The number of rotatable bonds is 6. The maximum atomic E-state index is 12.4. The monoisotopic (exact) mass is 254 g/mol. The molecule has 0 heterocycles. The van der Waals surface area contributed by atoms with Crippen LogP contribution in [0.25, 0.3) is 0 Å². The van der Waals surface area contributed by atoms with Crippen LogP contribution in [-0.2, 0) is 9.53 Å². The van der Waals surface area contributed by atoms with Crippen LogP contribution in [0.4, 0.5) is 0 Å². The number of carbonyl (C=O) groups is 1. The van der Waals surface area contributed by atoms with E-state index in [1.165, 1.54) is 19.3 Å². The highest BCUT2D eigenvalue weighted by atomic mass is 16.5. The number of hydrogen-bond acceptors (Lipinski definition) is 2. The molecule has 0 saturated heterocycles. The molecule has 106 valence electrons. The second-order valence-corrected chi connectivity index (χ2v) is 6.86. The summed E-state index contributed by atoms with van der Waals surface area (Å²) < 4.78 is 5.55. The Morgan fingerprint density at radius 2 is 1.94 bits per heavy atom. The summed E-state index contributed by atoms with van der Waals surface area (Å²) in [4.78, 5) is 12.4. The molecule has 2 nitrogen and oxygen atoms in total. The molecule has 18 heavy (non-hydrogen) atoms. The molecule has 0 aliphatic heterocycles. The SMILES string of the molecule is CCCCCCOC(=O)C1(C(C)(C)C)CCC1C. The van der Waals surface area contributed by atoms with Crippen molar-refractivity contribution in [3.63, 3.8) is 0 Å². The summed E-state index contributed by atoms with van der Waals surface area (Å²) in [5.74, 6) is 0.505. The molecule has 1 rings (SSSR count). The minimum absolute atomic E-state index is 0.00513. The van der Waals surface area contributed by atoms with Crippen molar-refractivity contribution in [1.82, 2.24) is 0 Å². The fourth-order valence-corrected chi connectivity index (χ4v) is 3.27. The molecular formula is C16H30O2. The Morgan fingerprint density at radius 3 is 2.33 bits per heavy atom. The predicted molar refractivity (Wildman–Crippen MR) is 75.4 cm³/mol. The highest BCUT2D eigenvalue weighted by Crippen LogP contribution is 2.58. The summed E-state index contributed by atoms with van der Waals surface area (Å²) in [7, 11) is 0. The number of carbonyl (C=O) groups excluding carboxylic acids is 1. The summed E-state index contributed by atoms with van der Waals surface area (Å²) in [6.07, 6.45) is 6.78. The van der Waals surface area contributed by atoms with Crippen molar-refractivity contribution in [1.29, 1.82) is 0 Å². The van der Waals surface area contributed by atoms with Crippen LogP contribution in [0.15, 0.2) is 0 Å². The molecule has 2 heteroatoms. The molecule has 0 bridgehead atoms. The third-order valence-corrected chi connectivity index (χ3v) is 4.75. The standard InChI is InChI=1S/C16H30O2/c1-6-7-8-9-12-18-14(17)16(15(3,4)5)11-10-13(16)2/h13H,6-12H2,1-5H3. The van der Waals surface area contributed by atoms with E-state index in [2.05, 4.69) is 34.6 Å². The molecule has 1 saturated carbocycles. The minimum Gasteiger partial charge on any atom is -0.465 e. The van der Waals surface area contributed by atoms with Gasteiger partial charge in [-0.25, -0.2) is 0 Å². The van der Waals surface area contributed by atoms with Crippen LogP contribution in [-0.4, -0.2) is 12.6 Å². The molecule has 0 aromatic carbocycles. The van der Waals surface area contributed by atoms with Gasteiger partial charge >= 0.3 is 5.97 Å². The van der Waals surface area contributed by atoms with Gasteiger partial charge < -0.3 is 4.74 Å². The third-order valence-electron chi connectivity index (χ3n) is 4.75. The second kappa shape index (κ2) is 6.08. The topological polar surface area (TPSA) is 26.3 Å². The molecular weight excluding hydrogens is 224 g/mol. The smallest absolute Gasteiger partial charge is 0.312 e. The highest BCUT2D eigenvalue weighted by Gasteiger charge is 2.58. The van der Waals surface area contributed by atoms with Gasteiger partial charge in [0, 0.05) is 0 Å². The lowest BCUT2D eigenvalue weighted by Crippen LogP contribution is -2.55. The number of unbranched alkanes of at least 4 members (excludes halogenated alkanes) is 3. The van der Waals surface area contributed by atoms with Crippen LogP contribution >= 0.6 is 0 Å². The molecule has 1 fully saturated rings. The molecule has 0 amide bonds. The Hall–Kier alpha value is -0.530. The summed E-state index contributed by atoms with van der Waals surface area (Å²) in [6.45, 7) is 11.5. The summed E-state index contributed by atoms with van der Waals surface area (Å²) in [5, 5.41) is 0. The first kappa shape index (κ1) is 15.5. The van der Waals surface area contributed by atoms with Crippen LogP contribution in [0.5, 0.6) is 0 Å². The van der Waals surface area contributed by atoms with E-state index in [1.807, 2.05) is 0 Å². The first-order chi connectivity index (χ1) is 8.36. The average Bonchev–Trinajstić information content (AvgIpc) is 2.25. The Balaban J connectivity index is 2.48. The lowest BCUT2D eigenvalue weighted by atomic mass is 9.49. The van der Waals surface area contributed by atoms with Gasteiger partial charge in [0.05, 0.1) is 12.0 Å². The fourth-order valence-electron chi connectivity index (χ4n) is 3.27. The molecule has 2 atom stereocenters. The Bertz CT molecular complexity index is 277. The lowest BCUT2D eigenvalue weighted by Gasteiger charge is -2.54. The van der Waals surface area contributed by atoms with Crippen molar-refractivity contribution in [2.45, 2.75) is 73.1 Å². The quantitative estimate of drug-likeness (QED) is 0.512. The maximum absolute atomic E-state index is 12.4. The third kappa shape index (κ3) is 2.89. The van der Waals surface area contributed by atoms with E-state index in [9.17, 15) is 4.79 Å². The highest BCUT2D eigenvalue weighted by molar-refractivity contribution is 5.79. The Kier molecular flexibility index (Phi) is 5.24. The number of hydrogen-bond donors (Lipinski definition) is 0. The zero-order valence-corrected chi connectivity index (χ0v) is 12.8. The van der Waals surface area contributed by atoms with E-state index in [-0.39, 0.29) is 16.8 Å². The number of esters is 1. The molecule has 0 spiro atoms. The molecule has 1 aliphatic rings. The van der Waals surface area contributed by atoms with Gasteiger partial charge in [0.1, 0.15) is 0 Å². The molecule has 1 aliphatic carbocycles. The van der Waals surface area contributed by atoms with Crippen molar-refractivity contribution < 1.29 is 9.53 Å². The number of ether oxygens (including phenoxy) is 1. The van der Waals surface area contributed by atoms with Crippen molar-refractivity contribution >= 4 is 5.97 Å². The van der Waals surface area contributed by atoms with Crippen LogP contribution in [0.3, 0.4) is 0 Å². The van der Waals surface area contributed by atoms with E-state index in [0.717, 1.165) is 19.3 Å². The Labute approximate surface area is 112 Å². The van der Waals surface area contributed by atoms with E-state index >= 15 is 0 Å². The van der Waals surface area contributed by atoms with Crippen LogP contribution in [0.2, 0.25) is 0 Å². The lowest BCUT2D eigenvalue weighted by molar-refractivity contribution is -0.182. The molecule has 0 radical (unpaired) electrons. The first-order valence-electron chi connectivity index (χ1n) is 7.53. The average molecular weight is 254 g/mol. The summed E-state index contributed by atoms with van der Waals surface area (Å²) >= 11 is 0. The van der Waals surface area contributed by atoms with Crippen molar-refractivity contribution in [3.8, 4) is 0 Å². The second-order valence-electron chi connectivity index (χ2n) is 6.86. The Morgan fingerprint density at radius 1 is 1.28 bits per heavy atom. The van der Waals surface area contributed by atoms with E-state index in [1.54, 1.807) is 0 Å². The van der Waals surface area contributed by atoms with Crippen molar-refractivity contribution in [2.24, 2.45) is 16.7 Å². The molecule has 2 unspecified atom stereocenters. The predicted octanol–water partition coefficient (Wildman–Crippen LogP) is 4.57. The fraction of sp³-hybridized carbons (Fsp3) is 0.938.